The van der Waals surface area contributed by atoms with Crippen molar-refractivity contribution in [1.82, 2.24) is 45.8 Å². The lowest BCUT2D eigenvalue weighted by atomic mass is 9.96. The standard InChI is InChI=1S/C53H96N14O10/c1-33(2)38(9)43(25-65(28-46(58)70)51(75)17-14-20-54)61-49(73)31-67(53(77)19-16-22-56)27-45(40(11)35(5)6)62-50(74)32-66(52(76)18-15-21-55)26-44(39(10)34(3)4)60-48(72)30-64(42(13)69)24-37(8)59-47(71)29-63(41(12)68)23-36(7)57/h33-37,43-45H,9-11,14-32,54-57H2,1-8,12-13H3,(H2,58,70)(H,59,71)(H,60,72)(H,61,73)(H,62,74)/t36-,37-,43+,44+,45+/m0/s1. The van der Waals surface area contributed by atoms with Crippen LogP contribution in [0.2, 0.25) is 0 Å². The predicted octanol–water partition coefficient (Wildman–Crippen LogP) is -1.19. The van der Waals surface area contributed by atoms with Crippen molar-refractivity contribution in [2.24, 2.45) is 46.4 Å². The number of carbonyl (C=O) groups is 10. The molecular formula is C53H96N14O10. The second kappa shape index (κ2) is 36.7. The van der Waals surface area contributed by atoms with Crippen molar-refractivity contribution in [2.75, 3.05) is 85.1 Å². The van der Waals surface area contributed by atoms with Crippen molar-refractivity contribution in [3.05, 3.63) is 36.5 Å². The highest BCUT2D eigenvalue weighted by Gasteiger charge is 2.32. The summed E-state index contributed by atoms with van der Waals surface area (Å²) in [6.45, 7) is 27.6. The van der Waals surface area contributed by atoms with Crippen LogP contribution in [0.3, 0.4) is 0 Å². The molecule has 0 aromatic heterocycles. The number of nitrogens with zero attached hydrogens (tertiary/aromatic N) is 5. The number of rotatable bonds is 39. The van der Waals surface area contributed by atoms with Crippen LogP contribution < -0.4 is 49.9 Å². The number of nitrogens with two attached hydrogens (primary N) is 5. The zero-order valence-electron chi connectivity index (χ0n) is 47.9. The van der Waals surface area contributed by atoms with Crippen LogP contribution in [0, 0.1) is 17.8 Å². The summed E-state index contributed by atoms with van der Waals surface area (Å²) >= 11 is 0. The van der Waals surface area contributed by atoms with E-state index in [1.165, 1.54) is 38.3 Å². The fourth-order valence-corrected chi connectivity index (χ4v) is 7.89. The van der Waals surface area contributed by atoms with E-state index in [9.17, 15) is 47.9 Å². The Hall–Kier alpha value is -6.24. The molecule has 10 amide bonds. The van der Waals surface area contributed by atoms with Gasteiger partial charge in [-0.05, 0) is 70.5 Å². The molecule has 24 nitrogen and oxygen atoms in total. The van der Waals surface area contributed by atoms with Crippen LogP contribution in [-0.4, -0.2) is 199 Å². The Morgan fingerprint density at radius 3 is 0.948 bits per heavy atom. The van der Waals surface area contributed by atoms with E-state index in [4.69, 9.17) is 28.7 Å². The minimum Gasteiger partial charge on any atom is -0.368 e. The fourth-order valence-electron chi connectivity index (χ4n) is 7.89. The lowest BCUT2D eigenvalue weighted by Gasteiger charge is -2.34. The molecule has 0 aliphatic carbocycles. The van der Waals surface area contributed by atoms with Crippen molar-refractivity contribution in [1.29, 1.82) is 0 Å². The highest BCUT2D eigenvalue weighted by Crippen LogP contribution is 2.18. The zero-order valence-corrected chi connectivity index (χ0v) is 47.9. The summed E-state index contributed by atoms with van der Waals surface area (Å²) in [5, 5.41) is 11.5. The molecule has 0 rings (SSSR count). The van der Waals surface area contributed by atoms with Crippen LogP contribution in [0.1, 0.15) is 108 Å². The first-order valence-corrected chi connectivity index (χ1v) is 26.6. The first-order chi connectivity index (χ1) is 35.9. The second-order valence-electron chi connectivity index (χ2n) is 20.8. The normalized spacial score (nSPS) is 13.1. The van der Waals surface area contributed by atoms with Gasteiger partial charge in [-0.1, -0.05) is 78.0 Å². The van der Waals surface area contributed by atoms with E-state index in [1.54, 1.807) is 13.8 Å². The molecule has 14 N–H and O–H groups in total. The molecule has 0 heterocycles. The van der Waals surface area contributed by atoms with E-state index in [2.05, 4.69) is 41.0 Å². The highest BCUT2D eigenvalue weighted by atomic mass is 16.2. The van der Waals surface area contributed by atoms with Gasteiger partial charge in [-0.25, -0.2) is 0 Å². The van der Waals surface area contributed by atoms with E-state index < -0.39 is 104 Å². The Labute approximate surface area is 457 Å². The Morgan fingerprint density at radius 2 is 0.688 bits per heavy atom. The molecule has 438 valence electrons. The average molecular weight is 1090 g/mol. The summed E-state index contributed by atoms with van der Waals surface area (Å²) in [7, 11) is 0. The quantitative estimate of drug-likeness (QED) is 0.0327. The molecule has 0 aromatic rings. The number of amides is 10. The van der Waals surface area contributed by atoms with Gasteiger partial charge in [0.15, 0.2) is 0 Å². The molecule has 0 saturated carbocycles. The van der Waals surface area contributed by atoms with Crippen LogP contribution in [0.5, 0.6) is 0 Å². The number of primary amides is 1. The SMILES string of the molecule is C=C(C(C)C)[C@@H](CN(CC(N)=O)C(=O)CCCN)NC(=O)CN(C[C@@H](NC(=O)CN(C[C@@H](NC(=O)CN(C[C@H](C)NC(=O)CN(C[C@H](C)N)C(C)=O)C(C)=O)C(=C)C(C)C)C(=O)CCCN)C(=C)C(C)C)C(=O)CCCN. The minimum atomic E-state index is -0.945. The maximum atomic E-state index is 14.3. The first kappa shape index (κ1) is 70.8. The minimum absolute atomic E-state index is 0.0328. The van der Waals surface area contributed by atoms with E-state index in [1.807, 2.05) is 41.5 Å². The fraction of sp³-hybridized carbons (Fsp3) is 0.698. The van der Waals surface area contributed by atoms with Crippen molar-refractivity contribution in [2.45, 2.75) is 138 Å². The number of carbonyl (C=O) groups excluding carboxylic acids is 10. The number of hydrogen-bond acceptors (Lipinski definition) is 14. The maximum absolute atomic E-state index is 14.3. The third-order valence-corrected chi connectivity index (χ3v) is 12.6. The maximum Gasteiger partial charge on any atom is 0.240 e. The predicted molar refractivity (Wildman–Crippen MR) is 297 cm³/mol. The highest BCUT2D eigenvalue weighted by molar-refractivity contribution is 5.88. The van der Waals surface area contributed by atoms with E-state index in [-0.39, 0.29) is 114 Å². The Morgan fingerprint density at radius 1 is 0.416 bits per heavy atom. The molecule has 5 atom stereocenters. The number of hydrogen-bond donors (Lipinski definition) is 9. The summed E-state index contributed by atoms with van der Waals surface area (Å²) in [4.78, 5) is 139. The van der Waals surface area contributed by atoms with Gasteiger partial charge in [-0.2, -0.15) is 0 Å². The summed E-state index contributed by atoms with van der Waals surface area (Å²) in [5.41, 5.74) is 30.1. The van der Waals surface area contributed by atoms with Gasteiger partial charge < -0.3 is 74.4 Å². The molecule has 0 saturated heterocycles. The van der Waals surface area contributed by atoms with Crippen LogP contribution in [0.15, 0.2) is 36.5 Å². The molecule has 0 aromatic carbocycles. The summed E-state index contributed by atoms with van der Waals surface area (Å²) < 4.78 is 0. The van der Waals surface area contributed by atoms with E-state index >= 15 is 0 Å². The van der Waals surface area contributed by atoms with Gasteiger partial charge in [0.05, 0.1) is 50.8 Å². The molecule has 0 bridgehead atoms. The van der Waals surface area contributed by atoms with Gasteiger partial charge in [0.1, 0.15) is 0 Å². The van der Waals surface area contributed by atoms with E-state index in [0.29, 0.717) is 29.6 Å². The topological polar surface area (TPSA) is 365 Å². The van der Waals surface area contributed by atoms with Crippen molar-refractivity contribution >= 4 is 59.1 Å². The van der Waals surface area contributed by atoms with E-state index in [0.717, 1.165) is 0 Å². The van der Waals surface area contributed by atoms with Crippen molar-refractivity contribution in [3.8, 4) is 0 Å². The van der Waals surface area contributed by atoms with Crippen LogP contribution in [0.4, 0.5) is 0 Å². The Balaban J connectivity index is 6.82. The molecule has 0 radical (unpaired) electrons. The first-order valence-electron chi connectivity index (χ1n) is 26.6. The molecule has 0 aliphatic rings. The molecule has 0 spiro atoms. The van der Waals surface area contributed by atoms with Gasteiger partial charge in [0.2, 0.25) is 59.1 Å². The smallest absolute Gasteiger partial charge is 0.240 e. The van der Waals surface area contributed by atoms with Gasteiger partial charge in [0, 0.05) is 77.9 Å². The largest absolute Gasteiger partial charge is 0.368 e. The second-order valence-corrected chi connectivity index (χ2v) is 20.8. The monoisotopic (exact) mass is 1090 g/mol. The lowest BCUT2D eigenvalue weighted by molar-refractivity contribution is -0.138. The summed E-state index contributed by atoms with van der Waals surface area (Å²) in [5.74, 6) is -5.86. The Kier molecular flexibility index (Phi) is 33.8. The van der Waals surface area contributed by atoms with Gasteiger partial charge in [-0.3, -0.25) is 47.9 Å². The summed E-state index contributed by atoms with van der Waals surface area (Å²) in [6.07, 6.45) is 0.915. The molecule has 0 unspecified atom stereocenters. The third-order valence-electron chi connectivity index (χ3n) is 12.6. The van der Waals surface area contributed by atoms with Crippen LogP contribution in [0.25, 0.3) is 0 Å². The molecule has 24 heteroatoms. The number of nitrogens with one attached hydrogen (secondary N) is 4. The third kappa shape index (κ3) is 28.6. The van der Waals surface area contributed by atoms with Crippen LogP contribution >= 0.6 is 0 Å². The van der Waals surface area contributed by atoms with Gasteiger partial charge in [0.25, 0.3) is 0 Å². The van der Waals surface area contributed by atoms with Gasteiger partial charge >= 0.3 is 0 Å². The van der Waals surface area contributed by atoms with Crippen molar-refractivity contribution in [3.63, 3.8) is 0 Å². The molecule has 77 heavy (non-hydrogen) atoms. The van der Waals surface area contributed by atoms with Gasteiger partial charge in [-0.15, -0.1) is 0 Å². The molecule has 0 aliphatic heterocycles. The zero-order chi connectivity index (χ0) is 59.3. The van der Waals surface area contributed by atoms with Crippen LogP contribution in [-0.2, 0) is 47.9 Å². The molecule has 0 fully saturated rings. The average Bonchev–Trinajstić information content (AvgIpc) is 3.33. The van der Waals surface area contributed by atoms with Crippen molar-refractivity contribution < 1.29 is 47.9 Å². The Bertz CT molecular complexity index is 2030. The lowest BCUT2D eigenvalue weighted by Crippen LogP contribution is -2.55. The molecular weight excluding hydrogens is 993 g/mol. The summed E-state index contributed by atoms with van der Waals surface area (Å²) in [6, 6.07) is -3.71.